The van der Waals surface area contributed by atoms with Crippen LogP contribution < -0.4 is 5.73 Å². The van der Waals surface area contributed by atoms with Gasteiger partial charge in [-0.1, -0.05) is 13.8 Å². The van der Waals surface area contributed by atoms with Crippen molar-refractivity contribution in [1.82, 2.24) is 0 Å². The van der Waals surface area contributed by atoms with E-state index in [-0.39, 0.29) is 0 Å². The van der Waals surface area contributed by atoms with E-state index < -0.39 is 17.7 Å². The summed E-state index contributed by atoms with van der Waals surface area (Å²) in [6.07, 6.45) is -1.29. The zero-order chi connectivity index (χ0) is 9.65. The minimum atomic E-state index is -1.62. The van der Waals surface area contributed by atoms with Crippen LogP contribution >= 0.6 is 0 Å². The van der Waals surface area contributed by atoms with Gasteiger partial charge in [0.05, 0.1) is 6.04 Å². The van der Waals surface area contributed by atoms with Crippen molar-refractivity contribution in [3.63, 3.8) is 0 Å². The lowest BCUT2D eigenvalue weighted by Gasteiger charge is -2.26. The van der Waals surface area contributed by atoms with E-state index in [4.69, 9.17) is 18.7 Å². The molecule has 3 atom stereocenters. The van der Waals surface area contributed by atoms with Gasteiger partial charge in [0.2, 0.25) is 0 Å². The molecule has 0 aliphatic rings. The average Bonchev–Trinajstić information content (AvgIpc) is 1.89. The van der Waals surface area contributed by atoms with Gasteiger partial charge in [-0.3, -0.25) is 0 Å². The first kappa shape index (κ1) is 13.5. The van der Waals surface area contributed by atoms with Gasteiger partial charge in [0, 0.05) is 5.50 Å². The van der Waals surface area contributed by atoms with E-state index in [1.165, 1.54) is 13.8 Å². The van der Waals surface area contributed by atoms with Gasteiger partial charge in [-0.05, 0) is 13.8 Å². The van der Waals surface area contributed by atoms with E-state index in [9.17, 15) is 4.39 Å². The third-order valence-corrected chi connectivity index (χ3v) is 1.17. The predicted octanol–water partition coefficient (Wildman–Crippen LogP) is 0.575. The van der Waals surface area contributed by atoms with Crippen molar-refractivity contribution in [2.75, 3.05) is 0 Å². The summed E-state index contributed by atoms with van der Waals surface area (Å²) in [6.45, 7) is 6.53. The second kappa shape index (κ2) is 5.55. The molecule has 3 N–H and O–H groups in total. The molecular weight excluding hydrogens is 144 g/mol. The van der Waals surface area contributed by atoms with Crippen LogP contribution in [-0.2, 0) is 0 Å². The Morgan fingerprint density at radius 1 is 1.55 bits per heavy atom. The molecule has 0 saturated carbocycles. The molecule has 0 amide bonds. The smallest absolute Gasteiger partial charge is 0.115 e. The number of rotatable bonds is 2. The van der Waals surface area contributed by atoms with Gasteiger partial charge in [0.25, 0.3) is 0 Å². The lowest BCUT2D eigenvalue weighted by Crippen LogP contribution is -2.51. The minimum Gasteiger partial charge on any atom is -0.398 e. The van der Waals surface area contributed by atoms with Crippen LogP contribution in [0.2, 0.25) is 0 Å². The van der Waals surface area contributed by atoms with Gasteiger partial charge >= 0.3 is 0 Å². The summed E-state index contributed by atoms with van der Waals surface area (Å²) >= 11 is 0. The molecule has 4 heteroatoms. The molecule has 0 rings (SSSR count). The van der Waals surface area contributed by atoms with Crippen LogP contribution in [0, 0.1) is 0 Å². The lowest BCUT2D eigenvalue weighted by atomic mass is 9.76. The summed E-state index contributed by atoms with van der Waals surface area (Å²) in [6, 6.07) is -1.02. The summed E-state index contributed by atoms with van der Waals surface area (Å²) in [5.41, 5.74) is 3.53. The highest BCUT2D eigenvalue weighted by Gasteiger charge is 2.27. The van der Waals surface area contributed by atoms with Crippen LogP contribution in [-0.4, -0.2) is 30.7 Å². The number of halogens is 1. The van der Waals surface area contributed by atoms with Gasteiger partial charge in [-0.2, -0.15) is 0 Å². The maximum Gasteiger partial charge on any atom is 0.115 e. The van der Waals surface area contributed by atoms with Gasteiger partial charge in [-0.25, -0.2) is 4.39 Å². The Hall–Kier alpha value is -0.0851. The number of hydrogen-bond donors (Lipinski definition) is 2. The predicted molar refractivity (Wildman–Crippen MR) is 46.3 cm³/mol. The van der Waals surface area contributed by atoms with Crippen LogP contribution in [0.4, 0.5) is 4.39 Å². The van der Waals surface area contributed by atoms with Crippen molar-refractivity contribution < 1.29 is 9.50 Å². The fourth-order valence-electron chi connectivity index (χ4n) is 0.465. The molecule has 11 heavy (non-hydrogen) atoms. The fraction of sp³-hybridized carbons (Fsp3) is 1.00. The summed E-state index contributed by atoms with van der Waals surface area (Å²) in [5.74, 6) is 0. The van der Waals surface area contributed by atoms with Crippen molar-refractivity contribution in [3.05, 3.63) is 0 Å². The van der Waals surface area contributed by atoms with E-state index in [2.05, 4.69) is 0 Å². The normalized spacial score (nSPS) is 20.6. The van der Waals surface area contributed by atoms with Gasteiger partial charge in [-0.15, -0.1) is 0 Å². The van der Waals surface area contributed by atoms with E-state index in [1.54, 1.807) is 0 Å². The van der Waals surface area contributed by atoms with Gasteiger partial charge in [0.1, 0.15) is 14.0 Å². The standard InChI is InChI=1S/C5H11BFNO.C2H6/c1-3(7)4(8)5(2,6)9;1-2/h3-4,9H,8H2,1-2H3;1-2H3. The molecule has 66 valence electrons. The number of alkyl halides is 1. The van der Waals surface area contributed by atoms with E-state index in [1.807, 2.05) is 13.8 Å². The summed E-state index contributed by atoms with van der Waals surface area (Å²) < 4.78 is 12.2. The van der Waals surface area contributed by atoms with Gasteiger partial charge in [0.15, 0.2) is 0 Å². The topological polar surface area (TPSA) is 46.2 Å². The quantitative estimate of drug-likeness (QED) is 0.581. The molecule has 2 radical (unpaired) electrons. The Balaban J connectivity index is 0. The Morgan fingerprint density at radius 3 is 1.82 bits per heavy atom. The van der Waals surface area contributed by atoms with E-state index >= 15 is 0 Å². The molecular formula is C7H17BFNO. The molecule has 0 bridgehead atoms. The Labute approximate surface area is 69.4 Å². The molecule has 3 unspecified atom stereocenters. The third-order valence-electron chi connectivity index (χ3n) is 1.17. The second-order valence-electron chi connectivity index (χ2n) is 2.43. The molecule has 0 spiro atoms. The molecule has 0 aliphatic heterocycles. The Morgan fingerprint density at radius 2 is 1.82 bits per heavy atom. The molecule has 0 aromatic carbocycles. The zero-order valence-electron chi connectivity index (χ0n) is 7.63. The number of nitrogens with two attached hydrogens (primary N) is 1. The first-order chi connectivity index (χ1) is 4.85. The summed E-state index contributed by atoms with van der Waals surface area (Å²) in [7, 11) is 5.07. The van der Waals surface area contributed by atoms with Crippen LogP contribution in [0.1, 0.15) is 27.7 Å². The summed E-state index contributed by atoms with van der Waals surface area (Å²) in [4.78, 5) is 0. The van der Waals surface area contributed by atoms with Crippen LogP contribution in [0.5, 0.6) is 0 Å². The van der Waals surface area contributed by atoms with Gasteiger partial charge < -0.3 is 10.8 Å². The summed E-state index contributed by atoms with van der Waals surface area (Å²) in [5, 5.41) is 8.87. The largest absolute Gasteiger partial charge is 0.398 e. The average molecular weight is 161 g/mol. The minimum absolute atomic E-state index is 1.02. The molecule has 0 aliphatic carbocycles. The molecule has 0 aromatic heterocycles. The Bertz CT molecular complexity index is 92.9. The van der Waals surface area contributed by atoms with Crippen molar-refractivity contribution in [3.8, 4) is 0 Å². The van der Waals surface area contributed by atoms with Crippen molar-refractivity contribution in [2.45, 2.75) is 45.4 Å². The molecule has 0 heterocycles. The van der Waals surface area contributed by atoms with Crippen LogP contribution in [0.15, 0.2) is 0 Å². The highest BCUT2D eigenvalue weighted by Crippen LogP contribution is 2.07. The lowest BCUT2D eigenvalue weighted by molar-refractivity contribution is 0.0823. The highest BCUT2D eigenvalue weighted by atomic mass is 19.1. The fourth-order valence-corrected chi connectivity index (χ4v) is 0.465. The first-order valence-corrected chi connectivity index (χ1v) is 3.76. The molecule has 2 nitrogen and oxygen atoms in total. The van der Waals surface area contributed by atoms with E-state index in [0.717, 1.165) is 0 Å². The Kier molecular flexibility index (Phi) is 6.81. The number of hydrogen-bond acceptors (Lipinski definition) is 2. The molecule has 0 aromatic rings. The zero-order valence-corrected chi connectivity index (χ0v) is 7.63. The van der Waals surface area contributed by atoms with Crippen molar-refractivity contribution in [1.29, 1.82) is 0 Å². The maximum atomic E-state index is 12.2. The second-order valence-corrected chi connectivity index (χ2v) is 2.43. The van der Waals surface area contributed by atoms with Crippen LogP contribution in [0.3, 0.4) is 0 Å². The number of aliphatic hydroxyl groups is 1. The molecule has 0 fully saturated rings. The highest BCUT2D eigenvalue weighted by molar-refractivity contribution is 6.14. The van der Waals surface area contributed by atoms with E-state index in [0.29, 0.717) is 0 Å². The van der Waals surface area contributed by atoms with Crippen molar-refractivity contribution in [2.24, 2.45) is 5.73 Å². The first-order valence-electron chi connectivity index (χ1n) is 3.76. The van der Waals surface area contributed by atoms with Crippen LogP contribution in [0.25, 0.3) is 0 Å². The van der Waals surface area contributed by atoms with Crippen molar-refractivity contribution >= 4 is 7.85 Å². The monoisotopic (exact) mass is 161 g/mol. The maximum absolute atomic E-state index is 12.2. The third kappa shape index (κ3) is 6.32. The molecule has 0 saturated heterocycles. The SMILES string of the molecule is CC.[B]C(C)(O)C(N)C(C)F.